The minimum Gasteiger partial charge on any atom is -0.489 e. The number of halogens is 3. The van der Waals surface area contributed by atoms with Crippen LogP contribution in [0.15, 0.2) is 59.3 Å². The summed E-state index contributed by atoms with van der Waals surface area (Å²) < 4.78 is 25.7. The zero-order chi connectivity index (χ0) is 22.7. The van der Waals surface area contributed by atoms with Crippen molar-refractivity contribution in [2.24, 2.45) is 0 Å². The maximum atomic E-state index is 13.3. The Bertz CT molecular complexity index is 1250. The van der Waals surface area contributed by atoms with Gasteiger partial charge in [-0.3, -0.25) is 9.48 Å². The quantitative estimate of drug-likeness (QED) is 0.382. The highest BCUT2D eigenvalue weighted by molar-refractivity contribution is 6.35. The molecule has 0 radical (unpaired) electrons. The lowest BCUT2D eigenvalue weighted by molar-refractivity contribution is 0.101. The van der Waals surface area contributed by atoms with Crippen molar-refractivity contribution in [3.05, 3.63) is 93.2 Å². The Hall–Kier alpha value is -3.36. The van der Waals surface area contributed by atoms with Gasteiger partial charge in [0.15, 0.2) is 11.5 Å². The van der Waals surface area contributed by atoms with Crippen LogP contribution in [0.3, 0.4) is 0 Å². The van der Waals surface area contributed by atoms with Gasteiger partial charge in [0.2, 0.25) is 0 Å². The van der Waals surface area contributed by atoms with Crippen LogP contribution < -0.4 is 10.1 Å². The normalized spacial score (nSPS) is 10.9. The fourth-order valence-corrected chi connectivity index (χ4v) is 3.51. The van der Waals surface area contributed by atoms with Gasteiger partial charge in [0.25, 0.3) is 5.91 Å². The monoisotopic (exact) mass is 474 g/mol. The zero-order valence-electron chi connectivity index (χ0n) is 16.8. The number of amides is 1. The van der Waals surface area contributed by atoms with E-state index in [4.69, 9.17) is 32.5 Å². The van der Waals surface area contributed by atoms with Gasteiger partial charge in [-0.15, -0.1) is 0 Å². The molecular weight excluding hydrogens is 458 g/mol. The fraction of sp³-hybridized carbons (Fsp3) is 0.136. The second-order valence-electron chi connectivity index (χ2n) is 6.86. The molecule has 2 heterocycles. The number of nitrogens with one attached hydrogen (secondary N) is 1. The Balaban J connectivity index is 1.45. The molecule has 0 aliphatic carbocycles. The van der Waals surface area contributed by atoms with Crippen LogP contribution in [-0.4, -0.2) is 20.8 Å². The molecule has 0 atom stereocenters. The number of hydrogen-bond donors (Lipinski definition) is 1. The van der Waals surface area contributed by atoms with Crippen LogP contribution in [0, 0.1) is 12.7 Å². The van der Waals surface area contributed by atoms with Crippen LogP contribution >= 0.6 is 23.2 Å². The van der Waals surface area contributed by atoms with Crippen molar-refractivity contribution < 1.29 is 18.4 Å². The van der Waals surface area contributed by atoms with Gasteiger partial charge in [-0.2, -0.15) is 5.10 Å². The number of anilines is 1. The lowest BCUT2D eigenvalue weighted by Gasteiger charge is -2.07. The molecular formula is C22H17Cl2FN4O3. The third kappa shape index (κ3) is 4.92. The second-order valence-corrected chi connectivity index (χ2v) is 7.68. The Morgan fingerprint density at radius 1 is 1.16 bits per heavy atom. The van der Waals surface area contributed by atoms with E-state index in [1.165, 1.54) is 18.2 Å². The summed E-state index contributed by atoms with van der Waals surface area (Å²) in [6.07, 6.45) is 1.69. The molecule has 0 aliphatic heterocycles. The van der Waals surface area contributed by atoms with Crippen LogP contribution in [0.4, 0.5) is 10.2 Å². The fourth-order valence-electron chi connectivity index (χ4n) is 2.99. The van der Waals surface area contributed by atoms with E-state index < -0.39 is 11.7 Å². The highest BCUT2D eigenvalue weighted by Crippen LogP contribution is 2.25. The van der Waals surface area contributed by atoms with E-state index in [0.29, 0.717) is 39.5 Å². The minimum absolute atomic E-state index is 0.0129. The van der Waals surface area contributed by atoms with Crippen molar-refractivity contribution in [1.29, 1.82) is 0 Å². The molecule has 2 aromatic carbocycles. The summed E-state index contributed by atoms with van der Waals surface area (Å²) in [5.41, 5.74) is 1.23. The summed E-state index contributed by atoms with van der Waals surface area (Å²) in [6, 6.07) is 12.6. The summed E-state index contributed by atoms with van der Waals surface area (Å²) in [6.45, 7) is 1.99. The van der Waals surface area contributed by atoms with Crippen LogP contribution in [0.5, 0.6) is 5.75 Å². The van der Waals surface area contributed by atoms with Crippen LogP contribution in [0.2, 0.25) is 10.0 Å². The van der Waals surface area contributed by atoms with E-state index >= 15 is 0 Å². The van der Waals surface area contributed by atoms with E-state index in [-0.39, 0.29) is 12.3 Å². The van der Waals surface area contributed by atoms with Gasteiger partial charge in [0, 0.05) is 33.9 Å². The van der Waals surface area contributed by atoms with Gasteiger partial charge in [-0.1, -0.05) is 40.5 Å². The lowest BCUT2D eigenvalue weighted by Crippen LogP contribution is -2.16. The Morgan fingerprint density at radius 2 is 1.91 bits per heavy atom. The first-order valence-corrected chi connectivity index (χ1v) is 10.3. The molecule has 10 heteroatoms. The number of carbonyl (C=O) groups is 1. The van der Waals surface area contributed by atoms with Crippen molar-refractivity contribution in [1.82, 2.24) is 14.9 Å². The highest BCUT2D eigenvalue weighted by Gasteiger charge is 2.21. The third-order valence-electron chi connectivity index (χ3n) is 4.64. The molecule has 0 unspecified atom stereocenters. The molecule has 4 rings (SSSR count). The molecule has 164 valence electrons. The zero-order valence-corrected chi connectivity index (χ0v) is 18.3. The summed E-state index contributed by atoms with van der Waals surface area (Å²) in [4.78, 5) is 12.7. The van der Waals surface area contributed by atoms with Crippen LogP contribution in [0.1, 0.15) is 27.4 Å². The number of aromatic nitrogens is 3. The maximum absolute atomic E-state index is 13.3. The largest absolute Gasteiger partial charge is 0.489 e. The van der Waals surface area contributed by atoms with Crippen molar-refractivity contribution in [3.8, 4) is 5.75 Å². The number of ether oxygens (including phenoxy) is 1. The van der Waals surface area contributed by atoms with Crippen LogP contribution in [0.25, 0.3) is 0 Å². The van der Waals surface area contributed by atoms with Gasteiger partial charge in [0.05, 0.1) is 12.1 Å². The molecule has 0 aliphatic rings. The molecule has 0 saturated heterocycles. The molecule has 0 saturated carbocycles. The summed E-state index contributed by atoms with van der Waals surface area (Å²) in [5, 5.41) is 11.9. The molecule has 0 fully saturated rings. The lowest BCUT2D eigenvalue weighted by atomic mass is 10.2. The second kappa shape index (κ2) is 9.42. The summed E-state index contributed by atoms with van der Waals surface area (Å²) >= 11 is 12.4. The maximum Gasteiger partial charge on any atom is 0.279 e. The van der Waals surface area contributed by atoms with Gasteiger partial charge < -0.3 is 14.6 Å². The number of carbonyl (C=O) groups excluding carboxylic acids is 1. The van der Waals surface area contributed by atoms with E-state index in [2.05, 4.69) is 15.6 Å². The summed E-state index contributed by atoms with van der Waals surface area (Å²) in [5.74, 6) is 0.132. The molecule has 0 bridgehead atoms. The first kappa shape index (κ1) is 21.9. The topological polar surface area (TPSA) is 82.2 Å². The Labute approximate surface area is 192 Å². The molecule has 4 aromatic rings. The van der Waals surface area contributed by atoms with Gasteiger partial charge in [-0.25, -0.2) is 4.39 Å². The van der Waals surface area contributed by atoms with Crippen LogP contribution in [-0.2, 0) is 13.2 Å². The predicted octanol–water partition coefficient (Wildman–Crippen LogP) is 5.51. The molecule has 7 nitrogen and oxygen atoms in total. The van der Waals surface area contributed by atoms with E-state index in [1.54, 1.807) is 48.1 Å². The molecule has 2 aromatic heterocycles. The average molecular weight is 475 g/mol. The van der Waals surface area contributed by atoms with E-state index in [1.807, 2.05) is 0 Å². The predicted molar refractivity (Wildman–Crippen MR) is 118 cm³/mol. The van der Waals surface area contributed by atoms with E-state index in [9.17, 15) is 9.18 Å². The molecule has 0 spiro atoms. The average Bonchev–Trinajstić information content (AvgIpc) is 3.35. The first-order chi connectivity index (χ1) is 15.4. The number of rotatable bonds is 7. The summed E-state index contributed by atoms with van der Waals surface area (Å²) in [7, 11) is 0. The number of benzene rings is 2. The number of aryl methyl sites for hydroxylation is 1. The van der Waals surface area contributed by atoms with Crippen molar-refractivity contribution in [3.63, 3.8) is 0 Å². The van der Waals surface area contributed by atoms with E-state index in [0.717, 1.165) is 5.56 Å². The highest BCUT2D eigenvalue weighted by atomic mass is 35.5. The van der Waals surface area contributed by atoms with Crippen molar-refractivity contribution >= 4 is 34.9 Å². The van der Waals surface area contributed by atoms with Gasteiger partial charge in [0.1, 0.15) is 23.9 Å². The van der Waals surface area contributed by atoms with Crippen molar-refractivity contribution in [2.45, 2.75) is 20.1 Å². The molecule has 1 N–H and O–H groups in total. The standard InChI is InChI=1S/C22H17Cl2FN4O3/c1-13-17(12-31-15-5-2-4-14(25)10-15)21(28-32-13)22(30)26-20-8-9-29(27-20)11-16-18(23)6-3-7-19(16)24/h2-10H,11-12H2,1H3,(H,26,27,30). The smallest absolute Gasteiger partial charge is 0.279 e. The SMILES string of the molecule is Cc1onc(C(=O)Nc2ccn(Cc3c(Cl)cccc3Cl)n2)c1COc1cccc(F)c1. The third-order valence-corrected chi connectivity index (χ3v) is 5.35. The van der Waals surface area contributed by atoms with Gasteiger partial charge >= 0.3 is 0 Å². The first-order valence-electron chi connectivity index (χ1n) is 9.52. The Kier molecular flexibility index (Phi) is 6.43. The number of hydrogen-bond acceptors (Lipinski definition) is 5. The minimum atomic E-state index is -0.513. The van der Waals surface area contributed by atoms with Gasteiger partial charge in [-0.05, 0) is 31.2 Å². The number of nitrogens with zero attached hydrogens (tertiary/aromatic N) is 3. The molecule has 32 heavy (non-hydrogen) atoms. The van der Waals surface area contributed by atoms with Crippen molar-refractivity contribution in [2.75, 3.05) is 5.32 Å². The molecule has 1 amide bonds. The Morgan fingerprint density at radius 3 is 2.66 bits per heavy atom.